The zero-order chi connectivity index (χ0) is 14.7. The number of nitro groups is 1. The highest BCUT2D eigenvalue weighted by Crippen LogP contribution is 2.23. The summed E-state index contributed by atoms with van der Waals surface area (Å²) < 4.78 is 1.10. The topological polar surface area (TPSA) is 127 Å². The number of anilines is 1. The summed E-state index contributed by atoms with van der Waals surface area (Å²) >= 11 is 1.08. The minimum atomic E-state index is -1.14. The van der Waals surface area contributed by atoms with Gasteiger partial charge in [0, 0.05) is 0 Å². The molecule has 2 rings (SSSR count). The number of nitrogens with zero attached hydrogens (tertiary/aromatic N) is 3. The van der Waals surface area contributed by atoms with Crippen molar-refractivity contribution in [3.05, 3.63) is 39.5 Å². The number of amides is 1. The van der Waals surface area contributed by atoms with Crippen molar-refractivity contribution in [2.75, 3.05) is 5.32 Å². The first-order valence-electron chi connectivity index (χ1n) is 5.25. The van der Waals surface area contributed by atoms with Crippen molar-refractivity contribution in [3.63, 3.8) is 0 Å². The molecule has 1 amide bonds. The van der Waals surface area contributed by atoms with Crippen molar-refractivity contribution >= 4 is 33.9 Å². The lowest BCUT2D eigenvalue weighted by molar-refractivity contribution is -0.385. The molecule has 2 aromatic rings. The van der Waals surface area contributed by atoms with Crippen LogP contribution in [-0.4, -0.2) is 31.7 Å². The normalized spacial score (nSPS) is 10.2. The summed E-state index contributed by atoms with van der Waals surface area (Å²) in [6.07, 6.45) is 2.15. The SMILES string of the molecule is O=C(Cn1cc([N+](=O)[O-])cn1)Nc1sccc1C(=O)O. The molecular weight excluding hydrogens is 288 g/mol. The molecule has 20 heavy (non-hydrogen) atoms. The van der Waals surface area contributed by atoms with Crippen molar-refractivity contribution in [1.29, 1.82) is 0 Å². The quantitative estimate of drug-likeness (QED) is 0.630. The monoisotopic (exact) mass is 296 g/mol. The Morgan fingerprint density at radius 2 is 2.30 bits per heavy atom. The average Bonchev–Trinajstić information content (AvgIpc) is 2.97. The Morgan fingerprint density at radius 1 is 1.55 bits per heavy atom. The van der Waals surface area contributed by atoms with Crippen LogP contribution in [0.5, 0.6) is 0 Å². The summed E-state index contributed by atoms with van der Waals surface area (Å²) in [5.41, 5.74) is -0.227. The summed E-state index contributed by atoms with van der Waals surface area (Å²) in [6.45, 7) is -0.245. The molecule has 0 aliphatic rings. The Labute approximate surface area is 115 Å². The van der Waals surface area contributed by atoms with Crippen molar-refractivity contribution < 1.29 is 19.6 Å². The van der Waals surface area contributed by atoms with Crippen LogP contribution in [0.4, 0.5) is 10.7 Å². The van der Waals surface area contributed by atoms with Crippen LogP contribution in [0.1, 0.15) is 10.4 Å². The average molecular weight is 296 g/mol. The number of nitrogens with one attached hydrogen (secondary N) is 1. The molecule has 0 aliphatic carbocycles. The Morgan fingerprint density at radius 3 is 2.90 bits per heavy atom. The minimum Gasteiger partial charge on any atom is -0.478 e. The van der Waals surface area contributed by atoms with Gasteiger partial charge in [-0.05, 0) is 11.4 Å². The molecule has 104 valence electrons. The second-order valence-corrected chi connectivity index (χ2v) is 4.59. The molecule has 0 spiro atoms. The van der Waals surface area contributed by atoms with E-state index in [2.05, 4.69) is 10.4 Å². The van der Waals surface area contributed by atoms with Gasteiger partial charge in [-0.25, -0.2) is 4.79 Å². The Kier molecular flexibility index (Phi) is 3.75. The third-order valence-corrected chi connectivity index (χ3v) is 3.11. The van der Waals surface area contributed by atoms with Crippen LogP contribution in [-0.2, 0) is 11.3 Å². The molecule has 2 aromatic heterocycles. The largest absolute Gasteiger partial charge is 0.478 e. The lowest BCUT2D eigenvalue weighted by Crippen LogP contribution is -2.19. The van der Waals surface area contributed by atoms with Crippen molar-refractivity contribution in [2.24, 2.45) is 0 Å². The number of aromatic carboxylic acids is 1. The molecule has 0 aromatic carbocycles. The lowest BCUT2D eigenvalue weighted by atomic mass is 10.3. The summed E-state index contributed by atoms with van der Waals surface area (Å²) in [5.74, 6) is -1.66. The van der Waals surface area contributed by atoms with Crippen LogP contribution in [0.3, 0.4) is 0 Å². The van der Waals surface area contributed by atoms with Gasteiger partial charge in [0.1, 0.15) is 23.9 Å². The van der Waals surface area contributed by atoms with Gasteiger partial charge in [-0.15, -0.1) is 11.3 Å². The number of hydrogen-bond donors (Lipinski definition) is 2. The van der Waals surface area contributed by atoms with Crippen LogP contribution in [0.2, 0.25) is 0 Å². The molecule has 0 bridgehead atoms. The molecule has 0 radical (unpaired) electrons. The summed E-state index contributed by atoms with van der Waals surface area (Å²) in [4.78, 5) is 32.4. The van der Waals surface area contributed by atoms with Crippen LogP contribution >= 0.6 is 11.3 Å². The van der Waals surface area contributed by atoms with E-state index in [1.54, 1.807) is 0 Å². The smallest absolute Gasteiger partial charge is 0.338 e. The number of carbonyl (C=O) groups is 2. The predicted octanol–water partition coefficient (Wildman–Crippen LogP) is 1.19. The molecule has 0 saturated carbocycles. The van der Waals surface area contributed by atoms with Gasteiger partial charge in [-0.2, -0.15) is 5.10 Å². The number of carboxylic acids is 1. The molecular formula is C10H8N4O5S. The molecule has 0 atom stereocenters. The fraction of sp³-hybridized carbons (Fsp3) is 0.100. The second-order valence-electron chi connectivity index (χ2n) is 3.67. The number of hydrogen-bond acceptors (Lipinski definition) is 6. The van der Waals surface area contributed by atoms with E-state index in [1.165, 1.54) is 11.4 Å². The molecule has 9 nitrogen and oxygen atoms in total. The van der Waals surface area contributed by atoms with Crippen LogP contribution in [0.15, 0.2) is 23.8 Å². The first-order chi connectivity index (χ1) is 9.47. The molecule has 10 heteroatoms. The zero-order valence-corrected chi connectivity index (χ0v) is 10.7. The van der Waals surface area contributed by atoms with Gasteiger partial charge in [-0.1, -0.05) is 0 Å². The molecule has 2 N–H and O–H groups in total. The first kappa shape index (κ1) is 13.7. The van der Waals surface area contributed by atoms with Gasteiger partial charge in [0.2, 0.25) is 5.91 Å². The maximum absolute atomic E-state index is 11.7. The second kappa shape index (κ2) is 5.48. The van der Waals surface area contributed by atoms with Crippen molar-refractivity contribution in [3.8, 4) is 0 Å². The molecule has 0 fully saturated rings. The third kappa shape index (κ3) is 2.98. The summed E-state index contributed by atoms with van der Waals surface area (Å²) in [5, 5.41) is 27.2. The lowest BCUT2D eigenvalue weighted by Gasteiger charge is -2.03. The van der Waals surface area contributed by atoms with E-state index in [0.29, 0.717) is 0 Å². The van der Waals surface area contributed by atoms with Gasteiger partial charge >= 0.3 is 11.7 Å². The van der Waals surface area contributed by atoms with Gasteiger partial charge in [-0.3, -0.25) is 19.6 Å². The number of aromatic nitrogens is 2. The molecule has 0 aliphatic heterocycles. The number of thiophene rings is 1. The highest BCUT2D eigenvalue weighted by atomic mass is 32.1. The van der Waals surface area contributed by atoms with E-state index in [4.69, 9.17) is 5.11 Å². The van der Waals surface area contributed by atoms with Crippen molar-refractivity contribution in [2.45, 2.75) is 6.54 Å². The highest BCUT2D eigenvalue weighted by molar-refractivity contribution is 7.14. The Bertz CT molecular complexity index is 677. The zero-order valence-electron chi connectivity index (χ0n) is 9.85. The Hall–Kier alpha value is -2.75. The van der Waals surface area contributed by atoms with E-state index < -0.39 is 16.8 Å². The fourth-order valence-corrected chi connectivity index (χ4v) is 2.22. The first-order valence-corrected chi connectivity index (χ1v) is 6.13. The predicted molar refractivity (Wildman–Crippen MR) is 68.8 cm³/mol. The van der Waals surface area contributed by atoms with E-state index >= 15 is 0 Å². The van der Waals surface area contributed by atoms with Gasteiger partial charge in [0.15, 0.2) is 0 Å². The maximum atomic E-state index is 11.7. The highest BCUT2D eigenvalue weighted by Gasteiger charge is 2.15. The number of carbonyl (C=O) groups excluding carboxylic acids is 1. The molecule has 2 heterocycles. The van der Waals surface area contributed by atoms with Gasteiger partial charge < -0.3 is 10.4 Å². The van der Waals surface area contributed by atoms with E-state index in [-0.39, 0.29) is 22.8 Å². The van der Waals surface area contributed by atoms with Gasteiger partial charge in [0.25, 0.3) is 0 Å². The summed E-state index contributed by atoms with van der Waals surface area (Å²) in [6, 6.07) is 1.38. The van der Waals surface area contributed by atoms with Crippen molar-refractivity contribution in [1.82, 2.24) is 9.78 Å². The number of rotatable bonds is 5. The minimum absolute atomic E-state index is 0.00482. The van der Waals surface area contributed by atoms with E-state index in [0.717, 1.165) is 28.4 Å². The van der Waals surface area contributed by atoms with Crippen LogP contribution < -0.4 is 5.32 Å². The Balaban J connectivity index is 2.03. The molecule has 0 saturated heterocycles. The molecule has 0 unspecified atom stereocenters. The van der Waals surface area contributed by atoms with E-state index in [1.807, 2.05) is 0 Å². The van der Waals surface area contributed by atoms with E-state index in [9.17, 15) is 19.7 Å². The van der Waals surface area contributed by atoms with Crippen LogP contribution in [0, 0.1) is 10.1 Å². The standard InChI is InChI=1S/C10H8N4O5S/c15-8(5-13-4-6(3-11-13)14(18)19)12-9-7(10(16)17)1-2-20-9/h1-4H,5H2,(H,12,15)(H,16,17). The summed E-state index contributed by atoms with van der Waals surface area (Å²) in [7, 11) is 0. The maximum Gasteiger partial charge on any atom is 0.338 e. The third-order valence-electron chi connectivity index (χ3n) is 2.28. The number of carboxylic acid groups (broad SMARTS) is 1. The fourth-order valence-electron chi connectivity index (χ4n) is 1.42. The van der Waals surface area contributed by atoms with Crippen LogP contribution in [0.25, 0.3) is 0 Å². The van der Waals surface area contributed by atoms with Gasteiger partial charge in [0.05, 0.1) is 10.5 Å².